The van der Waals surface area contributed by atoms with E-state index in [9.17, 15) is 4.79 Å². The van der Waals surface area contributed by atoms with Gasteiger partial charge < -0.3 is 10.1 Å². The Hall–Kier alpha value is -2.15. The van der Waals surface area contributed by atoms with Crippen molar-refractivity contribution in [2.24, 2.45) is 0 Å². The zero-order valence-electron chi connectivity index (χ0n) is 16.0. The number of rotatable bonds is 4. The maximum Gasteiger partial charge on any atom is 0.255 e. The molecule has 150 valence electrons. The number of nitrogens with one attached hydrogen (secondary N) is 1. The number of aromatic nitrogens is 2. The van der Waals surface area contributed by atoms with E-state index in [0.29, 0.717) is 23.8 Å². The van der Waals surface area contributed by atoms with Crippen LogP contribution in [0.3, 0.4) is 0 Å². The number of hydrogen-bond donors (Lipinski definition) is 1. The second kappa shape index (κ2) is 8.30. The third-order valence-corrected chi connectivity index (χ3v) is 6.11. The van der Waals surface area contributed by atoms with Gasteiger partial charge in [-0.2, -0.15) is 5.10 Å². The molecule has 7 heteroatoms. The lowest BCUT2D eigenvalue weighted by atomic mass is 9.82. The van der Waals surface area contributed by atoms with E-state index in [-0.39, 0.29) is 5.91 Å². The first-order valence-electron chi connectivity index (χ1n) is 9.45. The van der Waals surface area contributed by atoms with Crippen LogP contribution in [0.5, 0.6) is 0 Å². The molecule has 4 rings (SSSR count). The Morgan fingerprint density at radius 3 is 2.69 bits per heavy atom. The van der Waals surface area contributed by atoms with Crippen LogP contribution >= 0.6 is 27.5 Å². The van der Waals surface area contributed by atoms with Crippen molar-refractivity contribution in [2.45, 2.75) is 25.3 Å². The molecule has 1 fully saturated rings. The van der Waals surface area contributed by atoms with E-state index in [1.54, 1.807) is 10.9 Å². The van der Waals surface area contributed by atoms with Crippen molar-refractivity contribution >= 4 is 33.4 Å². The van der Waals surface area contributed by atoms with Gasteiger partial charge in [0, 0.05) is 22.7 Å². The summed E-state index contributed by atoms with van der Waals surface area (Å²) in [6.45, 7) is 3.10. The minimum atomic E-state index is -0.469. The van der Waals surface area contributed by atoms with Gasteiger partial charge in [-0.25, -0.2) is 4.68 Å². The van der Waals surface area contributed by atoms with Gasteiger partial charge in [0.05, 0.1) is 28.7 Å². The van der Waals surface area contributed by atoms with Crippen LogP contribution < -0.4 is 5.32 Å². The summed E-state index contributed by atoms with van der Waals surface area (Å²) in [7, 11) is 0. The monoisotopic (exact) mass is 473 g/mol. The summed E-state index contributed by atoms with van der Waals surface area (Å²) in [5.74, 6) is -0.141. The van der Waals surface area contributed by atoms with Crippen LogP contribution in [-0.4, -0.2) is 28.9 Å². The normalized spacial score (nSPS) is 15.8. The molecule has 0 aliphatic carbocycles. The van der Waals surface area contributed by atoms with Gasteiger partial charge in [-0.05, 0) is 55.7 Å². The Balaban J connectivity index is 1.65. The first-order chi connectivity index (χ1) is 14.0. The van der Waals surface area contributed by atoms with Crippen LogP contribution in [0.25, 0.3) is 5.69 Å². The van der Waals surface area contributed by atoms with Crippen LogP contribution in [0.15, 0.2) is 59.2 Å². The Labute approximate surface area is 183 Å². The smallest absolute Gasteiger partial charge is 0.255 e. The largest absolute Gasteiger partial charge is 0.381 e. The fourth-order valence-electron chi connectivity index (χ4n) is 3.78. The van der Waals surface area contributed by atoms with Crippen molar-refractivity contribution < 1.29 is 9.53 Å². The molecule has 1 amide bonds. The molecule has 0 bridgehead atoms. The molecule has 0 unspecified atom stereocenters. The predicted molar refractivity (Wildman–Crippen MR) is 117 cm³/mol. The second-order valence-corrected chi connectivity index (χ2v) is 8.55. The van der Waals surface area contributed by atoms with Crippen LogP contribution in [0.2, 0.25) is 5.02 Å². The summed E-state index contributed by atoms with van der Waals surface area (Å²) in [5.41, 5.74) is 2.74. The van der Waals surface area contributed by atoms with Crippen molar-refractivity contribution in [3.8, 4) is 5.69 Å². The molecule has 1 aliphatic heterocycles. The number of amides is 1. The molecule has 29 heavy (non-hydrogen) atoms. The summed E-state index contributed by atoms with van der Waals surface area (Å²) in [6.07, 6.45) is 3.05. The van der Waals surface area contributed by atoms with Crippen molar-refractivity contribution in [3.63, 3.8) is 0 Å². The molecule has 1 N–H and O–H groups in total. The highest BCUT2D eigenvalue weighted by atomic mass is 79.9. The molecule has 0 radical (unpaired) electrons. The fourth-order valence-corrected chi connectivity index (χ4v) is 4.36. The van der Waals surface area contributed by atoms with E-state index in [2.05, 4.69) is 38.5 Å². The average molecular weight is 475 g/mol. The summed E-state index contributed by atoms with van der Waals surface area (Å²) >= 11 is 9.65. The number of carbonyl (C=O) groups excluding carboxylic acids is 1. The molecule has 3 aromatic rings. The Kier molecular flexibility index (Phi) is 5.76. The van der Waals surface area contributed by atoms with E-state index in [4.69, 9.17) is 16.3 Å². The Bertz CT molecular complexity index is 1040. The summed E-state index contributed by atoms with van der Waals surface area (Å²) in [6, 6.07) is 15.5. The lowest BCUT2D eigenvalue weighted by Crippen LogP contribution is -2.49. The lowest BCUT2D eigenvalue weighted by Gasteiger charge is -2.38. The van der Waals surface area contributed by atoms with E-state index in [1.807, 2.05) is 43.3 Å². The zero-order chi connectivity index (χ0) is 20.4. The highest BCUT2D eigenvalue weighted by Gasteiger charge is 2.37. The zero-order valence-corrected chi connectivity index (χ0v) is 18.3. The van der Waals surface area contributed by atoms with Gasteiger partial charge in [-0.1, -0.05) is 45.7 Å². The number of halogens is 2. The Morgan fingerprint density at radius 2 is 1.97 bits per heavy atom. The first kappa shape index (κ1) is 20.1. The number of nitrogens with zero attached hydrogens (tertiary/aromatic N) is 2. The van der Waals surface area contributed by atoms with Crippen LogP contribution in [0.4, 0.5) is 0 Å². The molecule has 5 nitrogen and oxygen atoms in total. The number of carbonyl (C=O) groups is 1. The molecule has 0 spiro atoms. The predicted octanol–water partition coefficient (Wildman–Crippen LogP) is 5.03. The maximum absolute atomic E-state index is 13.3. The molecule has 1 saturated heterocycles. The maximum atomic E-state index is 13.3. The molecule has 1 aliphatic rings. The third kappa shape index (κ3) is 4.10. The second-order valence-electron chi connectivity index (χ2n) is 7.19. The van der Waals surface area contributed by atoms with E-state index in [0.717, 1.165) is 34.3 Å². The SMILES string of the molecule is Cc1c(C(=O)NC2(c3cccc(Br)c3)CCOCC2)cnn1-c1cccc(Cl)c1. The summed E-state index contributed by atoms with van der Waals surface area (Å²) < 4.78 is 8.29. The van der Waals surface area contributed by atoms with Gasteiger partial charge in [-0.15, -0.1) is 0 Å². The Morgan fingerprint density at radius 1 is 1.21 bits per heavy atom. The van der Waals surface area contributed by atoms with Crippen LogP contribution in [0.1, 0.15) is 34.5 Å². The molecule has 2 heterocycles. The third-order valence-electron chi connectivity index (χ3n) is 5.38. The first-order valence-corrected chi connectivity index (χ1v) is 10.6. The quantitative estimate of drug-likeness (QED) is 0.577. The summed E-state index contributed by atoms with van der Waals surface area (Å²) in [4.78, 5) is 13.3. The molecule has 0 atom stereocenters. The highest BCUT2D eigenvalue weighted by molar-refractivity contribution is 9.10. The molecule has 1 aromatic heterocycles. The van der Waals surface area contributed by atoms with Crippen molar-refractivity contribution in [2.75, 3.05) is 13.2 Å². The topological polar surface area (TPSA) is 56.1 Å². The summed E-state index contributed by atoms with van der Waals surface area (Å²) in [5, 5.41) is 8.33. The van der Waals surface area contributed by atoms with Gasteiger partial charge in [0.15, 0.2) is 0 Å². The molecular weight excluding hydrogens is 454 g/mol. The van der Waals surface area contributed by atoms with Crippen molar-refractivity contribution in [1.29, 1.82) is 0 Å². The minimum Gasteiger partial charge on any atom is -0.381 e. The molecular formula is C22H21BrClN3O2. The van der Waals surface area contributed by atoms with E-state index < -0.39 is 5.54 Å². The fraction of sp³-hybridized carbons (Fsp3) is 0.273. The van der Waals surface area contributed by atoms with Gasteiger partial charge >= 0.3 is 0 Å². The number of hydrogen-bond acceptors (Lipinski definition) is 3. The minimum absolute atomic E-state index is 0.141. The molecule has 0 saturated carbocycles. The van der Waals surface area contributed by atoms with E-state index >= 15 is 0 Å². The number of ether oxygens (including phenoxy) is 1. The van der Waals surface area contributed by atoms with E-state index in [1.165, 1.54) is 0 Å². The van der Waals surface area contributed by atoms with Crippen LogP contribution in [-0.2, 0) is 10.3 Å². The van der Waals surface area contributed by atoms with Gasteiger partial charge in [0.2, 0.25) is 0 Å². The van der Waals surface area contributed by atoms with Crippen molar-refractivity contribution in [3.05, 3.63) is 81.0 Å². The standard InChI is InChI=1S/C22H21BrClN3O2/c1-15-20(14-25-27(15)19-7-3-6-18(24)13-19)21(28)26-22(8-10-29-11-9-22)16-4-2-5-17(23)12-16/h2-7,12-14H,8-11H2,1H3,(H,26,28). The highest BCUT2D eigenvalue weighted by Crippen LogP contribution is 2.34. The van der Waals surface area contributed by atoms with Gasteiger partial charge in [0.25, 0.3) is 5.91 Å². The average Bonchev–Trinajstić information content (AvgIpc) is 3.10. The van der Waals surface area contributed by atoms with Gasteiger partial charge in [0.1, 0.15) is 0 Å². The lowest BCUT2D eigenvalue weighted by molar-refractivity contribution is 0.0345. The van der Waals surface area contributed by atoms with Crippen LogP contribution in [0, 0.1) is 6.92 Å². The number of benzene rings is 2. The molecule has 2 aromatic carbocycles. The van der Waals surface area contributed by atoms with Crippen molar-refractivity contribution in [1.82, 2.24) is 15.1 Å². The van der Waals surface area contributed by atoms with Gasteiger partial charge in [-0.3, -0.25) is 4.79 Å².